The third-order valence-corrected chi connectivity index (χ3v) is 3.47. The van der Waals surface area contributed by atoms with E-state index in [2.05, 4.69) is 10.7 Å². The quantitative estimate of drug-likeness (QED) is 0.819. The first-order valence-electron chi connectivity index (χ1n) is 6.87. The highest BCUT2D eigenvalue weighted by atomic mass is 16.2. The van der Waals surface area contributed by atoms with Gasteiger partial charge in [-0.2, -0.15) is 0 Å². The van der Waals surface area contributed by atoms with Gasteiger partial charge < -0.3 is 5.32 Å². The zero-order valence-corrected chi connectivity index (χ0v) is 12.3. The van der Waals surface area contributed by atoms with Crippen LogP contribution in [0.5, 0.6) is 0 Å². The van der Waals surface area contributed by atoms with Crippen LogP contribution >= 0.6 is 0 Å². The zero-order valence-electron chi connectivity index (χ0n) is 12.3. The molecule has 1 aromatic rings. The Morgan fingerprint density at radius 3 is 2.57 bits per heavy atom. The van der Waals surface area contributed by atoms with Gasteiger partial charge in [-0.1, -0.05) is 32.0 Å². The topological polar surface area (TPSA) is 78.5 Å². The minimum atomic E-state index is -0.943. The van der Waals surface area contributed by atoms with Gasteiger partial charge in [0.2, 0.25) is 5.91 Å². The summed E-state index contributed by atoms with van der Waals surface area (Å²) in [5.41, 5.74) is 4.12. The van der Waals surface area contributed by atoms with E-state index in [-0.39, 0.29) is 24.2 Å². The van der Waals surface area contributed by atoms with Crippen molar-refractivity contribution in [1.82, 2.24) is 10.4 Å². The largest absolute Gasteiger partial charge is 0.326 e. The molecule has 0 aliphatic carbocycles. The van der Waals surface area contributed by atoms with Crippen LogP contribution in [-0.2, 0) is 14.4 Å². The summed E-state index contributed by atoms with van der Waals surface area (Å²) in [6.07, 6.45) is -0.151. The molecular weight excluding hydrogens is 270 g/mol. The van der Waals surface area contributed by atoms with Crippen molar-refractivity contribution in [2.45, 2.75) is 26.2 Å². The summed E-state index contributed by atoms with van der Waals surface area (Å²) in [5, 5.41) is 3.90. The third-order valence-electron chi connectivity index (χ3n) is 3.47. The minimum absolute atomic E-state index is 0.151. The molecule has 21 heavy (non-hydrogen) atoms. The Morgan fingerprint density at radius 2 is 2.00 bits per heavy atom. The maximum atomic E-state index is 12.1. The van der Waals surface area contributed by atoms with Crippen molar-refractivity contribution in [2.75, 3.05) is 12.4 Å². The molecule has 0 spiro atoms. The van der Waals surface area contributed by atoms with Crippen LogP contribution in [0.25, 0.3) is 0 Å². The normalized spacial score (nSPS) is 18.1. The van der Waals surface area contributed by atoms with Crippen LogP contribution < -0.4 is 10.7 Å². The van der Waals surface area contributed by atoms with E-state index in [0.29, 0.717) is 0 Å². The second-order valence-corrected chi connectivity index (χ2v) is 5.42. The van der Waals surface area contributed by atoms with Gasteiger partial charge in [0, 0.05) is 19.2 Å². The van der Waals surface area contributed by atoms with Crippen LogP contribution in [0.3, 0.4) is 0 Å². The number of para-hydroxylation sites is 1. The van der Waals surface area contributed by atoms with Gasteiger partial charge in [-0.3, -0.25) is 24.8 Å². The van der Waals surface area contributed by atoms with Crippen LogP contribution in [0.1, 0.15) is 31.7 Å². The smallest absolute Gasteiger partial charge is 0.253 e. The van der Waals surface area contributed by atoms with E-state index >= 15 is 0 Å². The fraction of sp³-hybridized carbons (Fsp3) is 0.400. The second kappa shape index (κ2) is 5.95. The molecular formula is C15H19N3O3. The molecule has 1 aromatic carbocycles. The lowest BCUT2D eigenvalue weighted by atomic mass is 10.0. The van der Waals surface area contributed by atoms with E-state index in [4.69, 9.17) is 0 Å². The van der Waals surface area contributed by atoms with Gasteiger partial charge in [-0.05, 0) is 17.5 Å². The fourth-order valence-corrected chi connectivity index (χ4v) is 2.33. The molecule has 0 radical (unpaired) electrons. The highest BCUT2D eigenvalue weighted by Gasteiger charge is 2.38. The first-order chi connectivity index (χ1) is 9.90. The summed E-state index contributed by atoms with van der Waals surface area (Å²) in [6.45, 7) is 4.07. The number of hydrazine groups is 1. The molecule has 1 atom stereocenters. The third kappa shape index (κ3) is 3.21. The second-order valence-electron chi connectivity index (χ2n) is 5.42. The predicted octanol–water partition coefficient (Wildman–Crippen LogP) is 1.26. The number of carbonyl (C=O) groups is 3. The Hall–Kier alpha value is -2.37. The molecule has 112 valence electrons. The zero-order chi connectivity index (χ0) is 15.6. The van der Waals surface area contributed by atoms with Crippen LogP contribution in [-0.4, -0.2) is 29.8 Å². The van der Waals surface area contributed by atoms with E-state index < -0.39 is 11.8 Å². The number of anilines is 1. The molecule has 1 saturated heterocycles. The number of hydrogen-bond acceptors (Lipinski definition) is 3. The number of benzene rings is 1. The van der Waals surface area contributed by atoms with E-state index in [9.17, 15) is 14.4 Å². The van der Waals surface area contributed by atoms with Crippen molar-refractivity contribution in [3.63, 3.8) is 0 Å². The maximum Gasteiger partial charge on any atom is 0.253 e. The Balaban J connectivity index is 2.06. The monoisotopic (exact) mass is 289 g/mol. The van der Waals surface area contributed by atoms with Crippen LogP contribution in [0, 0.1) is 5.92 Å². The van der Waals surface area contributed by atoms with E-state index in [1.807, 2.05) is 38.1 Å². The molecule has 2 N–H and O–H groups in total. The average molecular weight is 289 g/mol. The highest BCUT2D eigenvalue weighted by Crippen LogP contribution is 2.24. The molecule has 2 rings (SSSR count). The molecule has 3 amide bonds. The van der Waals surface area contributed by atoms with Gasteiger partial charge in [-0.15, -0.1) is 0 Å². The van der Waals surface area contributed by atoms with Crippen molar-refractivity contribution in [1.29, 1.82) is 0 Å². The molecule has 6 nitrogen and oxygen atoms in total. The van der Waals surface area contributed by atoms with Crippen molar-refractivity contribution >= 4 is 23.4 Å². The molecule has 1 aliphatic heterocycles. The number of carbonyl (C=O) groups excluding carboxylic acids is 3. The number of amides is 3. The molecule has 0 saturated carbocycles. The first kappa shape index (κ1) is 15.0. The Morgan fingerprint density at radius 1 is 1.33 bits per heavy atom. The number of hydrogen-bond donors (Lipinski definition) is 2. The number of nitrogens with zero attached hydrogens (tertiary/aromatic N) is 1. The summed E-state index contributed by atoms with van der Waals surface area (Å²) in [7, 11) is 1.46. The van der Waals surface area contributed by atoms with Crippen molar-refractivity contribution < 1.29 is 14.4 Å². The first-order valence-corrected chi connectivity index (χ1v) is 6.87. The minimum Gasteiger partial charge on any atom is -0.326 e. The van der Waals surface area contributed by atoms with Crippen LogP contribution in [0.2, 0.25) is 0 Å². The highest BCUT2D eigenvalue weighted by molar-refractivity contribution is 6.08. The van der Waals surface area contributed by atoms with Crippen molar-refractivity contribution in [3.05, 3.63) is 29.8 Å². The summed E-state index contributed by atoms with van der Waals surface area (Å²) in [6, 6.07) is 7.51. The number of nitrogens with one attached hydrogen (secondary N) is 2. The van der Waals surface area contributed by atoms with E-state index in [1.165, 1.54) is 7.05 Å². The van der Waals surface area contributed by atoms with Gasteiger partial charge in [0.25, 0.3) is 11.8 Å². The van der Waals surface area contributed by atoms with Gasteiger partial charge >= 0.3 is 0 Å². The summed E-state index contributed by atoms with van der Waals surface area (Å²) < 4.78 is 0. The SMILES string of the molecule is CC(C)c1ccccc1NC(=O)CC1C(=O)NN(C)C1=O. The van der Waals surface area contributed by atoms with Crippen molar-refractivity contribution in [3.8, 4) is 0 Å². The van der Waals surface area contributed by atoms with Gasteiger partial charge in [-0.25, -0.2) is 0 Å². The van der Waals surface area contributed by atoms with Gasteiger partial charge in [0.1, 0.15) is 5.92 Å². The van der Waals surface area contributed by atoms with E-state index in [0.717, 1.165) is 16.3 Å². The Bertz CT molecular complexity index is 583. The molecule has 6 heteroatoms. The lowest BCUT2D eigenvalue weighted by Crippen LogP contribution is -2.31. The Kier molecular flexibility index (Phi) is 4.26. The standard InChI is InChI=1S/C15H19N3O3/c1-9(2)10-6-4-5-7-12(10)16-13(19)8-11-14(20)17-18(3)15(11)21/h4-7,9,11H,8H2,1-3H3,(H,16,19)(H,17,20). The predicted molar refractivity (Wildman–Crippen MR) is 78.2 cm³/mol. The summed E-state index contributed by atoms with van der Waals surface area (Å²) in [4.78, 5) is 35.4. The molecule has 1 fully saturated rings. The maximum absolute atomic E-state index is 12.1. The summed E-state index contributed by atoms with van der Waals surface area (Å²) in [5.74, 6) is -1.83. The molecule has 0 bridgehead atoms. The molecule has 1 aliphatic rings. The molecule has 0 aromatic heterocycles. The van der Waals surface area contributed by atoms with E-state index in [1.54, 1.807) is 0 Å². The molecule has 1 heterocycles. The summed E-state index contributed by atoms with van der Waals surface area (Å²) >= 11 is 0. The lowest BCUT2D eigenvalue weighted by Gasteiger charge is -2.14. The Labute approximate surface area is 123 Å². The van der Waals surface area contributed by atoms with Crippen LogP contribution in [0.4, 0.5) is 5.69 Å². The number of rotatable bonds is 4. The lowest BCUT2D eigenvalue weighted by molar-refractivity contribution is -0.134. The van der Waals surface area contributed by atoms with Gasteiger partial charge in [0.15, 0.2) is 0 Å². The van der Waals surface area contributed by atoms with Crippen LogP contribution in [0.15, 0.2) is 24.3 Å². The fourth-order valence-electron chi connectivity index (χ4n) is 2.33. The average Bonchev–Trinajstić information content (AvgIpc) is 2.66. The van der Waals surface area contributed by atoms with Gasteiger partial charge in [0.05, 0.1) is 0 Å². The molecule has 1 unspecified atom stereocenters. The van der Waals surface area contributed by atoms with Crippen molar-refractivity contribution in [2.24, 2.45) is 5.92 Å².